The van der Waals surface area contributed by atoms with Crippen LogP contribution in [0.3, 0.4) is 0 Å². The fourth-order valence-electron chi connectivity index (χ4n) is 1.45. The quantitative estimate of drug-likeness (QED) is 0.866. The molecule has 0 aromatic carbocycles. The van der Waals surface area contributed by atoms with Crippen molar-refractivity contribution in [1.82, 2.24) is 4.31 Å². The Kier molecular flexibility index (Phi) is 4.89. The summed E-state index contributed by atoms with van der Waals surface area (Å²) in [6.07, 6.45) is 0. The molecule has 1 unspecified atom stereocenters. The van der Waals surface area contributed by atoms with E-state index in [1.165, 1.54) is 22.6 Å². The first-order valence-corrected chi connectivity index (χ1v) is 7.91. The van der Waals surface area contributed by atoms with Crippen LogP contribution in [0.4, 0.5) is 0 Å². The van der Waals surface area contributed by atoms with Crippen LogP contribution in [-0.4, -0.2) is 35.1 Å². The van der Waals surface area contributed by atoms with Crippen molar-refractivity contribution in [3.05, 3.63) is 22.4 Å². The Hall–Kier alpha value is -0.920. The van der Waals surface area contributed by atoms with Crippen LogP contribution in [0, 0.1) is 0 Å². The third-order valence-corrected chi connectivity index (χ3v) is 5.75. The van der Waals surface area contributed by atoms with Crippen molar-refractivity contribution in [1.29, 1.82) is 0 Å². The van der Waals surface area contributed by atoms with E-state index in [-0.39, 0.29) is 12.6 Å². The van der Waals surface area contributed by atoms with Gasteiger partial charge in [0.1, 0.15) is 0 Å². The Morgan fingerprint density at radius 3 is 2.44 bits per heavy atom. The zero-order valence-electron chi connectivity index (χ0n) is 10.5. The van der Waals surface area contributed by atoms with Gasteiger partial charge >= 0.3 is 5.97 Å². The molecule has 1 aromatic rings. The highest BCUT2D eigenvalue weighted by molar-refractivity contribution is 7.90. The topological polar surface area (TPSA) is 74.7 Å². The van der Waals surface area contributed by atoms with E-state index in [1.54, 1.807) is 13.8 Å². The van der Waals surface area contributed by atoms with Crippen molar-refractivity contribution in [3.63, 3.8) is 0 Å². The number of aliphatic carboxylic acids is 1. The predicted molar refractivity (Wildman–Crippen MR) is 71.0 cm³/mol. The second kappa shape index (κ2) is 5.81. The molecule has 0 aliphatic rings. The fraction of sp³-hybridized carbons (Fsp3) is 0.545. The van der Waals surface area contributed by atoms with Gasteiger partial charge in [0.2, 0.25) is 10.0 Å². The van der Waals surface area contributed by atoms with Gasteiger partial charge in [0, 0.05) is 17.5 Å². The summed E-state index contributed by atoms with van der Waals surface area (Å²) < 4.78 is 25.6. The van der Waals surface area contributed by atoms with Gasteiger partial charge in [-0.05, 0) is 32.2 Å². The van der Waals surface area contributed by atoms with Gasteiger partial charge in [-0.15, -0.1) is 11.3 Å². The van der Waals surface area contributed by atoms with Crippen LogP contribution >= 0.6 is 11.3 Å². The van der Waals surface area contributed by atoms with Crippen molar-refractivity contribution < 1.29 is 18.3 Å². The van der Waals surface area contributed by atoms with Gasteiger partial charge in [0.25, 0.3) is 0 Å². The summed E-state index contributed by atoms with van der Waals surface area (Å²) >= 11 is 1.45. The van der Waals surface area contributed by atoms with Gasteiger partial charge in [-0.2, -0.15) is 4.31 Å². The standard InChI is InChI=1S/C11H17NO4S2/c1-8(2)12(7-10-5-4-6-17-10)18(15,16)9(3)11(13)14/h4-6,8-9H,7H2,1-3H3,(H,13,14). The minimum atomic E-state index is -3.84. The van der Waals surface area contributed by atoms with E-state index in [0.29, 0.717) is 0 Å². The molecule has 0 saturated heterocycles. The SMILES string of the molecule is CC(C)N(Cc1cccs1)S(=O)(=O)C(C)C(=O)O. The highest BCUT2D eigenvalue weighted by atomic mass is 32.2. The van der Waals surface area contributed by atoms with Crippen LogP contribution in [0.25, 0.3) is 0 Å². The fourth-order valence-corrected chi connectivity index (χ4v) is 3.81. The molecule has 1 aromatic heterocycles. The number of sulfonamides is 1. The molecule has 18 heavy (non-hydrogen) atoms. The zero-order valence-corrected chi connectivity index (χ0v) is 12.2. The summed E-state index contributed by atoms with van der Waals surface area (Å²) in [5, 5.41) is 9.30. The van der Waals surface area contributed by atoms with Gasteiger partial charge in [-0.1, -0.05) is 6.07 Å². The molecule has 1 heterocycles. The lowest BCUT2D eigenvalue weighted by atomic mass is 10.4. The van der Waals surface area contributed by atoms with Crippen molar-refractivity contribution in [2.45, 2.75) is 38.6 Å². The molecule has 7 heteroatoms. The Morgan fingerprint density at radius 2 is 2.06 bits per heavy atom. The van der Waals surface area contributed by atoms with E-state index in [1.807, 2.05) is 17.5 Å². The van der Waals surface area contributed by atoms with E-state index < -0.39 is 21.2 Å². The zero-order chi connectivity index (χ0) is 13.9. The second-order valence-corrected chi connectivity index (χ2v) is 7.48. The summed E-state index contributed by atoms with van der Waals surface area (Å²) in [4.78, 5) is 11.8. The molecule has 1 N–H and O–H groups in total. The monoisotopic (exact) mass is 291 g/mol. The first kappa shape index (κ1) is 15.1. The summed E-state index contributed by atoms with van der Waals surface area (Å²) in [6.45, 7) is 4.89. The van der Waals surface area contributed by atoms with Crippen molar-refractivity contribution in [2.75, 3.05) is 0 Å². The van der Waals surface area contributed by atoms with Crippen LogP contribution in [0.2, 0.25) is 0 Å². The predicted octanol–water partition coefficient (Wildman–Crippen LogP) is 1.76. The Labute approximate surface area is 111 Å². The van der Waals surface area contributed by atoms with E-state index in [2.05, 4.69) is 0 Å². The molecular weight excluding hydrogens is 274 g/mol. The third kappa shape index (κ3) is 3.30. The average molecular weight is 291 g/mol. The first-order chi connectivity index (χ1) is 8.26. The molecule has 5 nitrogen and oxygen atoms in total. The van der Waals surface area contributed by atoms with Crippen molar-refractivity contribution in [3.8, 4) is 0 Å². The van der Waals surface area contributed by atoms with E-state index in [4.69, 9.17) is 5.11 Å². The van der Waals surface area contributed by atoms with Crippen molar-refractivity contribution >= 4 is 27.3 Å². The lowest BCUT2D eigenvalue weighted by Crippen LogP contribution is -2.44. The number of carbonyl (C=O) groups is 1. The summed E-state index contributed by atoms with van der Waals surface area (Å²) in [5.74, 6) is -1.33. The molecule has 0 amide bonds. The normalized spacial score (nSPS) is 14.1. The summed E-state index contributed by atoms with van der Waals surface area (Å²) in [7, 11) is -3.84. The van der Waals surface area contributed by atoms with Gasteiger partial charge in [-0.25, -0.2) is 8.42 Å². The molecule has 0 bridgehead atoms. The Bertz CT molecular complexity index is 493. The van der Waals surface area contributed by atoms with Gasteiger partial charge in [-0.3, -0.25) is 4.79 Å². The van der Waals surface area contributed by atoms with Crippen LogP contribution in [0.1, 0.15) is 25.6 Å². The number of hydrogen-bond donors (Lipinski definition) is 1. The van der Waals surface area contributed by atoms with Gasteiger partial charge < -0.3 is 5.11 Å². The summed E-state index contributed by atoms with van der Waals surface area (Å²) in [5.41, 5.74) is 0. The average Bonchev–Trinajstić information content (AvgIpc) is 2.76. The number of carboxylic acids is 1. The van der Waals surface area contributed by atoms with Gasteiger partial charge in [0.15, 0.2) is 5.25 Å². The van der Waals surface area contributed by atoms with Crippen molar-refractivity contribution in [2.24, 2.45) is 0 Å². The van der Waals surface area contributed by atoms with Crippen LogP contribution in [-0.2, 0) is 21.4 Å². The molecule has 0 aliphatic carbocycles. The Balaban J connectivity index is 3.02. The molecule has 1 atom stereocenters. The minimum Gasteiger partial charge on any atom is -0.480 e. The van der Waals surface area contributed by atoms with Crippen LogP contribution < -0.4 is 0 Å². The molecule has 0 radical (unpaired) electrons. The highest BCUT2D eigenvalue weighted by Crippen LogP contribution is 2.20. The first-order valence-electron chi connectivity index (χ1n) is 5.52. The third-order valence-electron chi connectivity index (χ3n) is 2.59. The van der Waals surface area contributed by atoms with Crippen LogP contribution in [0.5, 0.6) is 0 Å². The molecule has 0 fully saturated rings. The lowest BCUT2D eigenvalue weighted by molar-refractivity contribution is -0.136. The number of carboxylic acid groups (broad SMARTS) is 1. The van der Waals surface area contributed by atoms with E-state index in [0.717, 1.165) is 4.88 Å². The lowest BCUT2D eigenvalue weighted by Gasteiger charge is -2.27. The highest BCUT2D eigenvalue weighted by Gasteiger charge is 2.35. The minimum absolute atomic E-state index is 0.218. The molecule has 0 aliphatic heterocycles. The van der Waals surface area contributed by atoms with E-state index in [9.17, 15) is 13.2 Å². The maximum atomic E-state index is 12.2. The molecule has 0 spiro atoms. The summed E-state index contributed by atoms with van der Waals surface area (Å²) in [6, 6.07) is 3.39. The number of nitrogens with zero attached hydrogens (tertiary/aromatic N) is 1. The second-order valence-electron chi connectivity index (χ2n) is 4.24. The smallest absolute Gasteiger partial charge is 0.323 e. The number of rotatable bonds is 6. The molecular formula is C11H17NO4S2. The molecule has 102 valence electrons. The Morgan fingerprint density at radius 1 is 1.44 bits per heavy atom. The number of hydrogen-bond acceptors (Lipinski definition) is 4. The van der Waals surface area contributed by atoms with Gasteiger partial charge in [0.05, 0.1) is 0 Å². The van der Waals surface area contributed by atoms with Crippen LogP contribution in [0.15, 0.2) is 17.5 Å². The number of thiophene rings is 1. The molecule has 1 rings (SSSR count). The van der Waals surface area contributed by atoms with E-state index >= 15 is 0 Å². The maximum Gasteiger partial charge on any atom is 0.323 e. The largest absolute Gasteiger partial charge is 0.480 e. The maximum absolute atomic E-state index is 12.2. The molecule has 0 saturated carbocycles.